The molecule has 0 saturated carbocycles. The molecular weight excluding hydrogens is 160 g/mol. The van der Waals surface area contributed by atoms with Crippen LogP contribution in [-0.4, -0.2) is 27.0 Å². The summed E-state index contributed by atoms with van der Waals surface area (Å²) in [5.41, 5.74) is 0.410. The molecule has 0 fully saturated rings. The van der Waals surface area contributed by atoms with Gasteiger partial charge in [0.1, 0.15) is 0 Å². The normalized spacial score (nSPS) is 10.1. The third-order valence-corrected chi connectivity index (χ3v) is 1.59. The Morgan fingerprint density at radius 2 is 1.67 bits per heavy atom. The van der Waals surface area contributed by atoms with Gasteiger partial charge in [-0.25, -0.2) is 0 Å². The van der Waals surface area contributed by atoms with Crippen molar-refractivity contribution in [1.29, 1.82) is 0 Å². The molecule has 0 bridgehead atoms. The SMILES string of the molecule is OCCc1ccc(O)c(O)c1O. The van der Waals surface area contributed by atoms with Crippen LogP contribution in [0.1, 0.15) is 5.56 Å². The lowest BCUT2D eigenvalue weighted by molar-refractivity contribution is 0.295. The molecule has 0 heterocycles. The van der Waals surface area contributed by atoms with Gasteiger partial charge in [-0.15, -0.1) is 0 Å². The quantitative estimate of drug-likeness (QED) is 0.482. The highest BCUT2D eigenvalue weighted by molar-refractivity contribution is 5.53. The van der Waals surface area contributed by atoms with Gasteiger partial charge in [0.05, 0.1) is 0 Å². The summed E-state index contributed by atoms with van der Waals surface area (Å²) in [5, 5.41) is 35.7. The van der Waals surface area contributed by atoms with Crippen molar-refractivity contribution in [3.05, 3.63) is 17.7 Å². The number of phenols is 3. The van der Waals surface area contributed by atoms with E-state index in [9.17, 15) is 5.11 Å². The molecule has 0 aliphatic carbocycles. The van der Waals surface area contributed by atoms with Crippen molar-refractivity contribution in [2.24, 2.45) is 0 Å². The maximum atomic E-state index is 9.19. The van der Waals surface area contributed by atoms with Gasteiger partial charge in [-0.2, -0.15) is 0 Å². The van der Waals surface area contributed by atoms with E-state index < -0.39 is 5.75 Å². The number of phenolic OH excluding ortho intramolecular Hbond substituents is 3. The monoisotopic (exact) mass is 170 g/mol. The van der Waals surface area contributed by atoms with E-state index in [1.165, 1.54) is 12.1 Å². The first-order chi connectivity index (χ1) is 5.66. The molecule has 0 saturated heterocycles. The minimum absolute atomic E-state index is 0.113. The summed E-state index contributed by atoms with van der Waals surface area (Å²) in [6.45, 7) is -0.113. The zero-order valence-corrected chi connectivity index (χ0v) is 6.36. The van der Waals surface area contributed by atoms with Gasteiger partial charge in [-0.3, -0.25) is 0 Å². The maximum absolute atomic E-state index is 9.19. The average Bonchev–Trinajstić information content (AvgIpc) is 2.07. The van der Waals surface area contributed by atoms with Crippen molar-refractivity contribution in [3.63, 3.8) is 0 Å². The minimum Gasteiger partial charge on any atom is -0.504 e. The molecule has 4 N–H and O–H groups in total. The van der Waals surface area contributed by atoms with Gasteiger partial charge in [0.2, 0.25) is 5.75 Å². The summed E-state index contributed by atoms with van der Waals surface area (Å²) in [5.74, 6) is -1.28. The first-order valence-electron chi connectivity index (χ1n) is 3.50. The van der Waals surface area contributed by atoms with Crippen LogP contribution in [0.5, 0.6) is 17.2 Å². The van der Waals surface area contributed by atoms with Crippen molar-refractivity contribution in [2.75, 3.05) is 6.61 Å². The van der Waals surface area contributed by atoms with Crippen LogP contribution in [0.4, 0.5) is 0 Å². The van der Waals surface area contributed by atoms with Crippen LogP contribution in [0.2, 0.25) is 0 Å². The Labute approximate surface area is 69.3 Å². The van der Waals surface area contributed by atoms with Crippen molar-refractivity contribution >= 4 is 0 Å². The second-order valence-corrected chi connectivity index (χ2v) is 2.41. The molecule has 66 valence electrons. The summed E-state index contributed by atoms with van der Waals surface area (Å²) in [4.78, 5) is 0. The molecule has 0 unspecified atom stereocenters. The Balaban J connectivity index is 3.08. The third kappa shape index (κ3) is 1.43. The smallest absolute Gasteiger partial charge is 0.200 e. The molecule has 0 aliphatic rings. The van der Waals surface area contributed by atoms with Crippen molar-refractivity contribution in [2.45, 2.75) is 6.42 Å². The molecule has 0 aliphatic heterocycles. The minimum atomic E-state index is -0.541. The zero-order valence-electron chi connectivity index (χ0n) is 6.36. The number of hydrogen-bond donors (Lipinski definition) is 4. The van der Waals surface area contributed by atoms with E-state index in [2.05, 4.69) is 0 Å². The standard InChI is InChI=1S/C8H10O4/c9-4-3-5-1-2-6(10)8(12)7(5)11/h1-2,9-12H,3-4H2. The average molecular weight is 170 g/mol. The van der Waals surface area contributed by atoms with Gasteiger partial charge in [-0.05, 0) is 12.5 Å². The maximum Gasteiger partial charge on any atom is 0.200 e. The Morgan fingerprint density at radius 1 is 1.00 bits per heavy atom. The largest absolute Gasteiger partial charge is 0.504 e. The lowest BCUT2D eigenvalue weighted by Gasteiger charge is -2.05. The second kappa shape index (κ2) is 3.32. The highest BCUT2D eigenvalue weighted by Crippen LogP contribution is 2.36. The van der Waals surface area contributed by atoms with Gasteiger partial charge in [0, 0.05) is 12.2 Å². The zero-order chi connectivity index (χ0) is 9.14. The van der Waals surface area contributed by atoms with Crippen molar-refractivity contribution in [3.8, 4) is 17.2 Å². The van der Waals surface area contributed by atoms with Crippen LogP contribution in [0, 0.1) is 0 Å². The summed E-state index contributed by atoms with van der Waals surface area (Å²) >= 11 is 0. The molecule has 0 atom stereocenters. The molecule has 0 spiro atoms. The van der Waals surface area contributed by atoms with E-state index >= 15 is 0 Å². The molecule has 1 aromatic rings. The lowest BCUT2D eigenvalue weighted by Crippen LogP contribution is -1.90. The predicted octanol–water partition coefficient (Wildman–Crippen LogP) is 0.338. The van der Waals surface area contributed by atoms with Crippen LogP contribution >= 0.6 is 0 Å². The molecule has 0 radical (unpaired) electrons. The first-order valence-corrected chi connectivity index (χ1v) is 3.50. The molecule has 1 aromatic carbocycles. The summed E-state index contributed by atoms with van der Waals surface area (Å²) in [7, 11) is 0. The Morgan fingerprint density at radius 3 is 2.25 bits per heavy atom. The fourth-order valence-corrected chi connectivity index (χ4v) is 0.933. The summed E-state index contributed by atoms with van der Waals surface area (Å²) in [6, 6.07) is 2.71. The van der Waals surface area contributed by atoms with Crippen LogP contribution in [0.25, 0.3) is 0 Å². The predicted molar refractivity (Wildman–Crippen MR) is 42.2 cm³/mol. The van der Waals surface area contributed by atoms with Crippen LogP contribution in [0.15, 0.2) is 12.1 Å². The second-order valence-electron chi connectivity index (χ2n) is 2.41. The van der Waals surface area contributed by atoms with Crippen molar-refractivity contribution in [1.82, 2.24) is 0 Å². The van der Waals surface area contributed by atoms with Crippen LogP contribution < -0.4 is 0 Å². The lowest BCUT2D eigenvalue weighted by atomic mass is 10.1. The van der Waals surface area contributed by atoms with Gasteiger partial charge in [0.25, 0.3) is 0 Å². The Hall–Kier alpha value is -1.42. The molecule has 0 amide bonds. The van der Waals surface area contributed by atoms with Crippen molar-refractivity contribution < 1.29 is 20.4 Å². The molecular formula is C8H10O4. The highest BCUT2D eigenvalue weighted by atomic mass is 16.3. The fourth-order valence-electron chi connectivity index (χ4n) is 0.933. The van der Waals surface area contributed by atoms with Crippen LogP contribution in [0.3, 0.4) is 0 Å². The van der Waals surface area contributed by atoms with E-state index in [0.29, 0.717) is 5.56 Å². The van der Waals surface area contributed by atoms with E-state index in [1.54, 1.807) is 0 Å². The molecule has 4 nitrogen and oxygen atoms in total. The molecule has 12 heavy (non-hydrogen) atoms. The number of rotatable bonds is 2. The van der Waals surface area contributed by atoms with Gasteiger partial charge in [0.15, 0.2) is 11.5 Å². The molecule has 1 rings (SSSR count). The number of aliphatic hydroxyl groups is 1. The number of aromatic hydroxyl groups is 3. The third-order valence-electron chi connectivity index (χ3n) is 1.59. The first kappa shape index (κ1) is 8.67. The van der Waals surface area contributed by atoms with Crippen LogP contribution in [-0.2, 0) is 6.42 Å². The summed E-state index contributed by atoms with van der Waals surface area (Å²) < 4.78 is 0. The van der Waals surface area contributed by atoms with Gasteiger partial charge >= 0.3 is 0 Å². The van der Waals surface area contributed by atoms with E-state index in [1.807, 2.05) is 0 Å². The summed E-state index contributed by atoms with van der Waals surface area (Å²) in [6.07, 6.45) is 0.250. The van der Waals surface area contributed by atoms with Gasteiger partial charge < -0.3 is 20.4 Å². The topological polar surface area (TPSA) is 80.9 Å². The Bertz CT molecular complexity index is 283. The van der Waals surface area contributed by atoms with E-state index in [0.717, 1.165) is 0 Å². The van der Waals surface area contributed by atoms with E-state index in [-0.39, 0.29) is 24.5 Å². The van der Waals surface area contributed by atoms with Gasteiger partial charge in [-0.1, -0.05) is 6.07 Å². The molecule has 4 heteroatoms. The Kier molecular flexibility index (Phi) is 2.40. The number of hydrogen-bond acceptors (Lipinski definition) is 4. The number of aliphatic hydroxyl groups excluding tert-OH is 1. The highest BCUT2D eigenvalue weighted by Gasteiger charge is 2.09. The number of benzene rings is 1. The fraction of sp³-hybridized carbons (Fsp3) is 0.250. The van der Waals surface area contributed by atoms with E-state index in [4.69, 9.17) is 15.3 Å². The molecule has 0 aromatic heterocycles.